The molecule has 2 heterocycles. The number of amidine groups is 1. The molecule has 0 bridgehead atoms. The fraction of sp³-hybridized carbons (Fsp3) is 0.200. The molecule has 0 unspecified atom stereocenters. The van der Waals surface area contributed by atoms with Gasteiger partial charge >= 0.3 is 0 Å². The molecule has 0 N–H and O–H groups in total. The highest BCUT2D eigenvalue weighted by Crippen LogP contribution is 2.35. The first-order valence-electron chi connectivity index (χ1n) is 12.2. The number of para-hydroxylation sites is 2. The van der Waals surface area contributed by atoms with Crippen LogP contribution in [0.25, 0.3) is 17.0 Å². The Balaban J connectivity index is 1.50. The Bertz CT molecular complexity index is 1440. The van der Waals surface area contributed by atoms with E-state index in [4.69, 9.17) is 9.73 Å². The van der Waals surface area contributed by atoms with E-state index >= 15 is 0 Å². The summed E-state index contributed by atoms with van der Waals surface area (Å²) in [5.41, 5.74) is 5.50. The summed E-state index contributed by atoms with van der Waals surface area (Å²) in [6.45, 7) is 6.40. The third kappa shape index (κ3) is 5.30. The minimum Gasteiger partial charge on any atom is -0.380 e. The Morgan fingerprint density at radius 1 is 1.00 bits per heavy atom. The molecule has 4 aromatic rings. The van der Waals surface area contributed by atoms with E-state index in [0.29, 0.717) is 29.8 Å². The predicted octanol–water partition coefficient (Wildman–Crippen LogP) is 6.64. The van der Waals surface area contributed by atoms with Gasteiger partial charge in [0, 0.05) is 35.8 Å². The van der Waals surface area contributed by atoms with Gasteiger partial charge in [-0.1, -0.05) is 66.2 Å². The first-order valence-corrected chi connectivity index (χ1v) is 13.0. The van der Waals surface area contributed by atoms with Gasteiger partial charge in [0.15, 0.2) is 5.17 Å². The molecule has 5 rings (SSSR count). The zero-order valence-corrected chi connectivity index (χ0v) is 21.4. The average molecular weight is 496 g/mol. The first kappa shape index (κ1) is 24.1. The number of carbonyl (C=O) groups excluding carboxylic acids is 1. The van der Waals surface area contributed by atoms with Crippen LogP contribution in [0.5, 0.6) is 0 Å². The largest absolute Gasteiger partial charge is 0.380 e. The molecule has 36 heavy (non-hydrogen) atoms. The highest BCUT2D eigenvalue weighted by Gasteiger charge is 2.33. The summed E-state index contributed by atoms with van der Waals surface area (Å²) in [5.74, 6) is -0.0371. The lowest BCUT2D eigenvalue weighted by Crippen LogP contribution is -2.32. The number of ether oxygens (including phenoxy) is 1. The highest BCUT2D eigenvalue weighted by atomic mass is 32.2. The monoisotopic (exact) mass is 495 g/mol. The second-order valence-electron chi connectivity index (χ2n) is 8.71. The van der Waals surface area contributed by atoms with Crippen molar-refractivity contribution in [3.05, 3.63) is 107 Å². The van der Waals surface area contributed by atoms with Crippen LogP contribution in [0.2, 0.25) is 0 Å². The summed E-state index contributed by atoms with van der Waals surface area (Å²) < 4.78 is 7.80. The van der Waals surface area contributed by atoms with Gasteiger partial charge in [-0.3, -0.25) is 9.69 Å². The maximum atomic E-state index is 13.5. The van der Waals surface area contributed by atoms with Gasteiger partial charge in [-0.25, -0.2) is 4.99 Å². The smallest absolute Gasteiger partial charge is 0.266 e. The Morgan fingerprint density at radius 3 is 2.61 bits per heavy atom. The van der Waals surface area contributed by atoms with Crippen molar-refractivity contribution in [2.24, 2.45) is 4.99 Å². The van der Waals surface area contributed by atoms with Crippen molar-refractivity contribution in [3.63, 3.8) is 0 Å². The Kier molecular flexibility index (Phi) is 7.35. The van der Waals surface area contributed by atoms with E-state index in [1.165, 1.54) is 22.9 Å². The molecule has 1 saturated heterocycles. The number of nitrogens with zero attached hydrogens (tertiary/aromatic N) is 3. The molecule has 1 aliphatic heterocycles. The van der Waals surface area contributed by atoms with Gasteiger partial charge < -0.3 is 9.30 Å². The van der Waals surface area contributed by atoms with Crippen molar-refractivity contribution >= 4 is 45.5 Å². The number of benzene rings is 3. The number of carbonyl (C=O) groups is 1. The van der Waals surface area contributed by atoms with Gasteiger partial charge in [0.05, 0.1) is 23.7 Å². The maximum Gasteiger partial charge on any atom is 0.266 e. The highest BCUT2D eigenvalue weighted by molar-refractivity contribution is 8.18. The summed E-state index contributed by atoms with van der Waals surface area (Å²) in [6, 6.07) is 26.7. The topological polar surface area (TPSA) is 46.8 Å². The van der Waals surface area contributed by atoms with Gasteiger partial charge in [-0.2, -0.15) is 0 Å². The van der Waals surface area contributed by atoms with Crippen molar-refractivity contribution in [3.8, 4) is 0 Å². The van der Waals surface area contributed by atoms with Crippen LogP contribution in [0.1, 0.15) is 23.6 Å². The second kappa shape index (κ2) is 11.0. The number of aromatic nitrogens is 1. The number of aliphatic imine (C=N–C) groups is 1. The zero-order chi connectivity index (χ0) is 24.9. The molecule has 0 saturated carbocycles. The van der Waals surface area contributed by atoms with Crippen molar-refractivity contribution in [1.82, 2.24) is 9.47 Å². The quantitative estimate of drug-likeness (QED) is 0.203. The third-order valence-corrected chi connectivity index (χ3v) is 7.08. The molecule has 1 aromatic heterocycles. The van der Waals surface area contributed by atoms with E-state index < -0.39 is 0 Å². The van der Waals surface area contributed by atoms with Crippen LogP contribution >= 0.6 is 11.8 Å². The molecule has 1 amide bonds. The molecule has 0 spiro atoms. The van der Waals surface area contributed by atoms with Crippen molar-refractivity contribution < 1.29 is 9.53 Å². The molecule has 1 fully saturated rings. The number of fused-ring (bicyclic) bond motifs is 1. The minimum absolute atomic E-state index is 0.0371. The molecule has 0 radical (unpaired) electrons. The van der Waals surface area contributed by atoms with Crippen LogP contribution in [0.4, 0.5) is 5.69 Å². The lowest BCUT2D eigenvalue weighted by atomic mass is 10.1. The van der Waals surface area contributed by atoms with Crippen molar-refractivity contribution in [2.75, 3.05) is 19.8 Å². The van der Waals surface area contributed by atoms with E-state index in [1.54, 1.807) is 4.90 Å². The molecule has 0 atom stereocenters. The number of thioether (sulfide) groups is 1. The second-order valence-corrected chi connectivity index (χ2v) is 9.72. The number of amides is 1. The van der Waals surface area contributed by atoms with Crippen LogP contribution in [0.15, 0.2) is 95.0 Å². The molecule has 182 valence electrons. The fourth-order valence-electron chi connectivity index (χ4n) is 4.37. The van der Waals surface area contributed by atoms with Crippen molar-refractivity contribution in [1.29, 1.82) is 0 Å². The van der Waals surface area contributed by atoms with E-state index in [0.717, 1.165) is 28.7 Å². The van der Waals surface area contributed by atoms with Gasteiger partial charge in [0.1, 0.15) is 0 Å². The predicted molar refractivity (Wildman–Crippen MR) is 150 cm³/mol. The molecular formula is C30H29N3O2S. The number of aryl methyl sites for hydroxylation is 1. The summed E-state index contributed by atoms with van der Waals surface area (Å²) in [7, 11) is 0. The van der Waals surface area contributed by atoms with Crippen molar-refractivity contribution in [2.45, 2.75) is 20.4 Å². The van der Waals surface area contributed by atoms with Crippen LogP contribution in [0.3, 0.4) is 0 Å². The van der Waals surface area contributed by atoms with Crippen LogP contribution < -0.4 is 0 Å². The Hall–Kier alpha value is -3.61. The van der Waals surface area contributed by atoms with Crippen LogP contribution in [0, 0.1) is 6.92 Å². The zero-order valence-electron chi connectivity index (χ0n) is 20.6. The maximum absolute atomic E-state index is 13.5. The fourth-order valence-corrected chi connectivity index (χ4v) is 5.39. The lowest BCUT2D eigenvalue weighted by Gasteiger charge is -2.15. The average Bonchev–Trinajstić information content (AvgIpc) is 3.37. The van der Waals surface area contributed by atoms with Gasteiger partial charge in [0.2, 0.25) is 0 Å². The SMILES string of the molecule is CCOCCN1C(=O)C(=Cc2cn(Cc3cccc(C)c3)c3ccccc23)SC1=Nc1ccccc1. The number of hydrogen-bond acceptors (Lipinski definition) is 4. The molecule has 6 heteroatoms. The number of hydrogen-bond donors (Lipinski definition) is 0. The summed E-state index contributed by atoms with van der Waals surface area (Å²) in [6.07, 6.45) is 4.15. The molecule has 1 aliphatic rings. The van der Waals surface area contributed by atoms with E-state index in [-0.39, 0.29) is 5.91 Å². The molecule has 0 aliphatic carbocycles. The molecular weight excluding hydrogens is 466 g/mol. The van der Waals surface area contributed by atoms with Gasteiger partial charge in [-0.05, 0) is 55.4 Å². The molecule has 3 aromatic carbocycles. The van der Waals surface area contributed by atoms with Gasteiger partial charge in [0.25, 0.3) is 5.91 Å². The van der Waals surface area contributed by atoms with Gasteiger partial charge in [-0.15, -0.1) is 0 Å². The third-order valence-electron chi connectivity index (χ3n) is 6.07. The lowest BCUT2D eigenvalue weighted by molar-refractivity contribution is -0.122. The number of rotatable bonds is 8. The molecule has 5 nitrogen and oxygen atoms in total. The minimum atomic E-state index is -0.0371. The Morgan fingerprint density at radius 2 is 1.81 bits per heavy atom. The van der Waals surface area contributed by atoms with Crippen LogP contribution in [-0.2, 0) is 16.1 Å². The Labute approximate surface area is 216 Å². The standard InChI is InChI=1S/C30H29N3O2S/c1-3-35-17-16-33-29(34)28(36-30(33)31-25-12-5-4-6-13-25)19-24-21-32(27-15-8-7-14-26(24)27)20-23-11-9-10-22(2)18-23/h4-15,18-19,21H,3,16-17,20H2,1-2H3. The summed E-state index contributed by atoms with van der Waals surface area (Å²) in [4.78, 5) is 20.6. The van der Waals surface area contributed by atoms with Crippen LogP contribution in [-0.4, -0.2) is 40.3 Å². The van der Waals surface area contributed by atoms with E-state index in [1.807, 2.05) is 49.4 Å². The normalized spacial score (nSPS) is 16.1. The van der Waals surface area contributed by atoms with E-state index in [2.05, 4.69) is 60.2 Å². The summed E-state index contributed by atoms with van der Waals surface area (Å²) >= 11 is 1.42. The summed E-state index contributed by atoms with van der Waals surface area (Å²) in [5, 5.41) is 1.81. The van der Waals surface area contributed by atoms with E-state index in [9.17, 15) is 4.79 Å². The first-order chi connectivity index (χ1) is 17.6.